The third kappa shape index (κ3) is 4.80. The minimum absolute atomic E-state index is 0.0118. The third-order valence-corrected chi connectivity index (χ3v) is 3.91. The summed E-state index contributed by atoms with van der Waals surface area (Å²) in [6.45, 7) is 0.0118. The average molecular weight is 325 g/mol. The van der Waals surface area contributed by atoms with E-state index in [-0.39, 0.29) is 25.4 Å². The maximum Gasteiger partial charge on any atom is 0.533 e. The molecule has 23 heavy (non-hydrogen) atoms. The monoisotopic (exact) mass is 325 g/mol. The summed E-state index contributed by atoms with van der Waals surface area (Å²) in [6, 6.07) is 0. The predicted octanol–water partition coefficient (Wildman–Crippen LogP) is 1.65. The minimum atomic E-state index is -1.11. The first kappa shape index (κ1) is 17.0. The van der Waals surface area contributed by atoms with Gasteiger partial charge < -0.3 is 9.84 Å². The van der Waals surface area contributed by atoms with E-state index in [0.29, 0.717) is 30.7 Å². The van der Waals surface area contributed by atoms with Gasteiger partial charge in [0, 0.05) is 18.8 Å². The van der Waals surface area contributed by atoms with Crippen LogP contribution in [0.25, 0.3) is 0 Å². The lowest BCUT2D eigenvalue weighted by atomic mass is 9.89. The highest BCUT2D eigenvalue weighted by molar-refractivity contribution is 6.01. The van der Waals surface area contributed by atoms with E-state index < -0.39 is 29.9 Å². The lowest BCUT2D eigenvalue weighted by Gasteiger charge is -2.19. The van der Waals surface area contributed by atoms with Crippen molar-refractivity contribution in [1.29, 1.82) is 0 Å². The fourth-order valence-corrected chi connectivity index (χ4v) is 2.56. The summed E-state index contributed by atoms with van der Waals surface area (Å²) < 4.78 is 4.93. The average Bonchev–Trinajstić information content (AvgIpc) is 2.78. The van der Waals surface area contributed by atoms with Gasteiger partial charge in [0.25, 0.3) is 11.8 Å². The van der Waals surface area contributed by atoms with Gasteiger partial charge in [-0.15, -0.1) is 0 Å². The molecule has 0 saturated carbocycles. The Kier molecular flexibility index (Phi) is 5.72. The van der Waals surface area contributed by atoms with Crippen molar-refractivity contribution in [1.82, 2.24) is 5.06 Å². The molecular weight excluding hydrogens is 306 g/mol. The van der Waals surface area contributed by atoms with Crippen LogP contribution in [-0.4, -0.2) is 40.7 Å². The molecule has 0 aromatic carbocycles. The summed E-state index contributed by atoms with van der Waals surface area (Å²) in [6.07, 6.45) is 5.03. The standard InChI is InChI=1S/C15H19NO7/c17-12-7-8-13(18)16(12)23-15(21)22-9-10-3-1-2-4-11(6-5-10)14(19)20/h1,3,10-11H,2,4-9H2,(H,19,20). The molecule has 2 rings (SSSR count). The van der Waals surface area contributed by atoms with Crippen molar-refractivity contribution < 1.29 is 33.9 Å². The molecule has 0 spiro atoms. The predicted molar refractivity (Wildman–Crippen MR) is 75.7 cm³/mol. The molecule has 1 aliphatic heterocycles. The first-order valence-electron chi connectivity index (χ1n) is 7.57. The number of nitrogens with zero attached hydrogens (tertiary/aromatic N) is 1. The second-order valence-electron chi connectivity index (χ2n) is 5.61. The Morgan fingerprint density at radius 1 is 1.17 bits per heavy atom. The van der Waals surface area contributed by atoms with E-state index in [4.69, 9.17) is 9.84 Å². The molecule has 2 amide bonds. The number of carboxylic acid groups (broad SMARTS) is 1. The Morgan fingerprint density at radius 3 is 2.52 bits per heavy atom. The molecule has 1 fully saturated rings. The van der Waals surface area contributed by atoms with Gasteiger partial charge in [0.1, 0.15) is 6.61 Å². The quantitative estimate of drug-likeness (QED) is 0.475. The molecule has 0 bridgehead atoms. The van der Waals surface area contributed by atoms with Crippen LogP contribution in [0.3, 0.4) is 0 Å². The number of aliphatic carboxylic acids is 1. The van der Waals surface area contributed by atoms with Gasteiger partial charge in [-0.3, -0.25) is 19.2 Å². The lowest BCUT2D eigenvalue weighted by molar-refractivity contribution is -0.177. The van der Waals surface area contributed by atoms with Gasteiger partial charge in [-0.1, -0.05) is 17.2 Å². The number of imide groups is 1. The first-order valence-corrected chi connectivity index (χ1v) is 7.57. The molecule has 126 valence electrons. The number of amides is 2. The molecule has 0 aromatic rings. The van der Waals surface area contributed by atoms with Gasteiger partial charge in [-0.05, 0) is 25.7 Å². The Labute approximate surface area is 133 Å². The normalized spacial score (nSPS) is 25.0. The van der Waals surface area contributed by atoms with Gasteiger partial charge >= 0.3 is 12.1 Å². The van der Waals surface area contributed by atoms with Crippen molar-refractivity contribution >= 4 is 23.9 Å². The molecule has 2 unspecified atom stereocenters. The molecule has 2 atom stereocenters. The van der Waals surface area contributed by atoms with Crippen LogP contribution in [-0.2, 0) is 24.0 Å². The fraction of sp³-hybridized carbons (Fsp3) is 0.600. The highest BCUT2D eigenvalue weighted by Crippen LogP contribution is 2.23. The van der Waals surface area contributed by atoms with Crippen molar-refractivity contribution in [2.24, 2.45) is 11.8 Å². The molecule has 1 aliphatic carbocycles. The largest absolute Gasteiger partial charge is 0.533 e. The fourth-order valence-electron chi connectivity index (χ4n) is 2.56. The van der Waals surface area contributed by atoms with Crippen LogP contribution >= 0.6 is 0 Å². The maximum absolute atomic E-state index is 11.6. The first-order chi connectivity index (χ1) is 11.0. The summed E-state index contributed by atoms with van der Waals surface area (Å²) in [4.78, 5) is 49.8. The zero-order valence-corrected chi connectivity index (χ0v) is 12.6. The van der Waals surface area contributed by atoms with Gasteiger partial charge in [0.05, 0.1) is 5.92 Å². The van der Waals surface area contributed by atoms with Crippen LogP contribution in [0.15, 0.2) is 12.2 Å². The van der Waals surface area contributed by atoms with E-state index >= 15 is 0 Å². The Morgan fingerprint density at radius 2 is 1.87 bits per heavy atom. The van der Waals surface area contributed by atoms with Crippen molar-refractivity contribution in [2.75, 3.05) is 6.61 Å². The van der Waals surface area contributed by atoms with Crippen LogP contribution < -0.4 is 0 Å². The van der Waals surface area contributed by atoms with Crippen LogP contribution in [0.1, 0.15) is 38.5 Å². The highest BCUT2D eigenvalue weighted by Gasteiger charge is 2.33. The zero-order valence-electron chi connectivity index (χ0n) is 12.6. The SMILES string of the molecule is O=C(OCC1C=CCCC(C(=O)O)CC1)ON1C(=O)CCC1=O. The molecule has 8 heteroatoms. The number of carbonyl (C=O) groups excluding carboxylic acids is 3. The van der Waals surface area contributed by atoms with Crippen LogP contribution in [0.5, 0.6) is 0 Å². The second-order valence-corrected chi connectivity index (χ2v) is 5.61. The van der Waals surface area contributed by atoms with E-state index in [2.05, 4.69) is 4.84 Å². The molecule has 1 N–H and O–H groups in total. The number of ether oxygens (including phenoxy) is 1. The summed E-state index contributed by atoms with van der Waals surface area (Å²) in [5.41, 5.74) is 0. The van der Waals surface area contributed by atoms with Crippen molar-refractivity contribution in [3.8, 4) is 0 Å². The Hall–Kier alpha value is -2.38. The lowest BCUT2D eigenvalue weighted by Crippen LogP contribution is -2.32. The molecular formula is C15H19NO7. The van der Waals surface area contributed by atoms with Crippen molar-refractivity contribution in [2.45, 2.75) is 38.5 Å². The van der Waals surface area contributed by atoms with Gasteiger partial charge in [0.15, 0.2) is 0 Å². The second kappa shape index (κ2) is 7.75. The van der Waals surface area contributed by atoms with Gasteiger partial charge in [0.2, 0.25) is 0 Å². The number of hydrogen-bond donors (Lipinski definition) is 1. The highest BCUT2D eigenvalue weighted by atomic mass is 16.8. The number of carboxylic acids is 1. The van der Waals surface area contributed by atoms with Gasteiger partial charge in [-0.25, -0.2) is 4.79 Å². The third-order valence-electron chi connectivity index (χ3n) is 3.91. The Bertz CT molecular complexity index is 512. The van der Waals surface area contributed by atoms with E-state index in [1.165, 1.54) is 0 Å². The summed E-state index contributed by atoms with van der Waals surface area (Å²) >= 11 is 0. The molecule has 0 aromatic heterocycles. The van der Waals surface area contributed by atoms with Crippen molar-refractivity contribution in [3.63, 3.8) is 0 Å². The molecule has 1 heterocycles. The number of rotatable bonds is 4. The maximum atomic E-state index is 11.6. The smallest absolute Gasteiger partial charge is 0.481 e. The molecule has 0 radical (unpaired) electrons. The van der Waals surface area contributed by atoms with E-state index in [1.807, 2.05) is 12.2 Å². The van der Waals surface area contributed by atoms with Gasteiger partial charge in [-0.2, -0.15) is 0 Å². The van der Waals surface area contributed by atoms with Crippen LogP contribution in [0.4, 0.5) is 4.79 Å². The Balaban J connectivity index is 1.79. The number of allylic oxidation sites excluding steroid dienone is 1. The summed E-state index contributed by atoms with van der Waals surface area (Å²) in [7, 11) is 0. The molecule has 8 nitrogen and oxygen atoms in total. The van der Waals surface area contributed by atoms with E-state index in [0.717, 1.165) is 0 Å². The van der Waals surface area contributed by atoms with E-state index in [9.17, 15) is 19.2 Å². The summed E-state index contributed by atoms with van der Waals surface area (Å²) in [5, 5.41) is 9.50. The van der Waals surface area contributed by atoms with E-state index in [1.54, 1.807) is 0 Å². The topological polar surface area (TPSA) is 110 Å². The minimum Gasteiger partial charge on any atom is -0.481 e. The molecule has 2 aliphatic rings. The van der Waals surface area contributed by atoms with Crippen LogP contribution in [0, 0.1) is 11.8 Å². The number of carbonyl (C=O) groups is 4. The molecule has 1 saturated heterocycles. The summed E-state index contributed by atoms with van der Waals surface area (Å²) in [5.74, 6) is -2.46. The number of hydrogen-bond acceptors (Lipinski definition) is 6. The number of hydroxylamine groups is 2. The van der Waals surface area contributed by atoms with Crippen molar-refractivity contribution in [3.05, 3.63) is 12.2 Å². The zero-order chi connectivity index (χ0) is 16.8. The van der Waals surface area contributed by atoms with Crippen LogP contribution in [0.2, 0.25) is 0 Å².